The Hall–Kier alpha value is -1.61. The van der Waals surface area contributed by atoms with Gasteiger partial charge in [-0.1, -0.05) is 51.1 Å². The normalized spacial score (nSPS) is 12.8. The van der Waals surface area contributed by atoms with Gasteiger partial charge in [0.15, 0.2) is 0 Å². The number of imidazole rings is 1. The van der Waals surface area contributed by atoms with Gasteiger partial charge >= 0.3 is 0 Å². The van der Waals surface area contributed by atoms with Crippen LogP contribution >= 0.6 is 0 Å². The molecule has 0 fully saturated rings. The van der Waals surface area contributed by atoms with Crippen molar-refractivity contribution in [3.63, 3.8) is 0 Å². The van der Waals surface area contributed by atoms with E-state index in [2.05, 4.69) is 72.2 Å². The molecule has 1 heterocycles. The average Bonchev–Trinajstić information content (AvgIpc) is 2.93. The van der Waals surface area contributed by atoms with Crippen LogP contribution in [0, 0.1) is 5.92 Å². The maximum Gasteiger partial charge on any atom is 0.109 e. The molecule has 0 aliphatic heterocycles. The third-order valence-corrected chi connectivity index (χ3v) is 3.63. The van der Waals surface area contributed by atoms with Crippen molar-refractivity contribution in [2.75, 3.05) is 13.1 Å². The number of hydrogen-bond acceptors (Lipinski definition) is 2. The summed E-state index contributed by atoms with van der Waals surface area (Å²) >= 11 is 0. The predicted molar refractivity (Wildman–Crippen MR) is 88.5 cm³/mol. The highest BCUT2D eigenvalue weighted by molar-refractivity contribution is 5.21. The number of aryl methyl sites for hydroxylation is 1. The molecule has 3 nitrogen and oxygen atoms in total. The summed E-state index contributed by atoms with van der Waals surface area (Å²) in [6.45, 7) is 8.67. The Kier molecular flexibility index (Phi) is 6.00. The van der Waals surface area contributed by atoms with Crippen LogP contribution in [0.15, 0.2) is 42.7 Å². The summed E-state index contributed by atoms with van der Waals surface area (Å²) in [4.78, 5) is 4.53. The third-order valence-electron chi connectivity index (χ3n) is 3.63. The zero-order valence-corrected chi connectivity index (χ0v) is 13.4. The second kappa shape index (κ2) is 7.99. The van der Waals surface area contributed by atoms with E-state index < -0.39 is 0 Å². The van der Waals surface area contributed by atoms with E-state index in [1.54, 1.807) is 0 Å². The Morgan fingerprint density at radius 3 is 2.57 bits per heavy atom. The van der Waals surface area contributed by atoms with Crippen LogP contribution in [-0.2, 0) is 6.42 Å². The zero-order valence-electron chi connectivity index (χ0n) is 13.4. The van der Waals surface area contributed by atoms with Crippen LogP contribution < -0.4 is 5.32 Å². The molecule has 3 heteroatoms. The van der Waals surface area contributed by atoms with Crippen LogP contribution in [0.4, 0.5) is 0 Å². The standard InChI is InChI=1S/C18H27N3/c1-4-8-18-20-11-12-21(18)17(14-19-13-15(2)3)16-9-6-5-7-10-16/h5-7,9-12,15,17,19H,4,8,13-14H2,1-3H3. The molecule has 1 atom stereocenters. The molecule has 0 saturated heterocycles. The van der Waals surface area contributed by atoms with Crippen molar-refractivity contribution < 1.29 is 0 Å². The maximum absolute atomic E-state index is 4.53. The minimum absolute atomic E-state index is 0.314. The van der Waals surface area contributed by atoms with E-state index in [0.717, 1.165) is 25.9 Å². The van der Waals surface area contributed by atoms with E-state index in [4.69, 9.17) is 0 Å². The van der Waals surface area contributed by atoms with Crippen molar-refractivity contribution in [1.29, 1.82) is 0 Å². The van der Waals surface area contributed by atoms with Gasteiger partial charge in [0, 0.05) is 25.4 Å². The molecule has 0 saturated carbocycles. The van der Waals surface area contributed by atoms with Gasteiger partial charge in [0.05, 0.1) is 6.04 Å². The Morgan fingerprint density at radius 1 is 1.14 bits per heavy atom. The molecule has 114 valence electrons. The summed E-state index contributed by atoms with van der Waals surface area (Å²) in [7, 11) is 0. The highest BCUT2D eigenvalue weighted by Crippen LogP contribution is 2.20. The number of hydrogen-bond donors (Lipinski definition) is 1. The largest absolute Gasteiger partial charge is 0.326 e. The maximum atomic E-state index is 4.53. The van der Waals surface area contributed by atoms with E-state index in [1.807, 2.05) is 6.20 Å². The van der Waals surface area contributed by atoms with Crippen LogP contribution in [-0.4, -0.2) is 22.6 Å². The van der Waals surface area contributed by atoms with E-state index in [9.17, 15) is 0 Å². The molecular weight excluding hydrogens is 258 g/mol. The molecule has 2 rings (SSSR count). The molecule has 0 radical (unpaired) electrons. The lowest BCUT2D eigenvalue weighted by atomic mass is 10.1. The first-order chi connectivity index (χ1) is 10.2. The number of rotatable bonds is 8. The average molecular weight is 285 g/mol. The van der Waals surface area contributed by atoms with Gasteiger partial charge in [-0.25, -0.2) is 4.98 Å². The van der Waals surface area contributed by atoms with Crippen molar-refractivity contribution in [3.8, 4) is 0 Å². The van der Waals surface area contributed by atoms with Gasteiger partial charge in [-0.3, -0.25) is 0 Å². The molecule has 0 amide bonds. The van der Waals surface area contributed by atoms with Crippen LogP contribution in [0.5, 0.6) is 0 Å². The Balaban J connectivity index is 2.20. The lowest BCUT2D eigenvalue weighted by molar-refractivity contribution is 0.472. The summed E-state index contributed by atoms with van der Waals surface area (Å²) in [6, 6.07) is 11.0. The van der Waals surface area contributed by atoms with Crippen molar-refractivity contribution >= 4 is 0 Å². The molecule has 0 aliphatic carbocycles. The second-order valence-corrected chi connectivity index (χ2v) is 5.98. The molecule has 2 aromatic rings. The van der Waals surface area contributed by atoms with Crippen LogP contribution in [0.2, 0.25) is 0 Å². The van der Waals surface area contributed by atoms with Crippen molar-refractivity contribution in [2.45, 2.75) is 39.7 Å². The number of aromatic nitrogens is 2. The molecule has 0 spiro atoms. The molecule has 21 heavy (non-hydrogen) atoms. The van der Waals surface area contributed by atoms with Crippen LogP contribution in [0.25, 0.3) is 0 Å². The smallest absolute Gasteiger partial charge is 0.109 e. The van der Waals surface area contributed by atoms with E-state index in [-0.39, 0.29) is 0 Å². The lowest BCUT2D eigenvalue weighted by Gasteiger charge is -2.22. The molecular formula is C18H27N3. The van der Waals surface area contributed by atoms with E-state index in [0.29, 0.717) is 12.0 Å². The van der Waals surface area contributed by atoms with Crippen molar-refractivity contribution in [1.82, 2.24) is 14.9 Å². The summed E-state index contributed by atoms with van der Waals surface area (Å²) in [5.74, 6) is 1.84. The van der Waals surface area contributed by atoms with E-state index >= 15 is 0 Å². The first kappa shape index (κ1) is 15.8. The first-order valence-electron chi connectivity index (χ1n) is 7.99. The topological polar surface area (TPSA) is 29.9 Å². The van der Waals surface area contributed by atoms with Gasteiger partial charge in [0.2, 0.25) is 0 Å². The molecule has 1 unspecified atom stereocenters. The van der Waals surface area contributed by atoms with Gasteiger partial charge in [0.1, 0.15) is 5.82 Å². The SMILES string of the molecule is CCCc1nccn1C(CNCC(C)C)c1ccccc1. The Labute approximate surface area is 128 Å². The zero-order chi connectivity index (χ0) is 15.1. The Morgan fingerprint density at radius 2 is 1.90 bits per heavy atom. The van der Waals surface area contributed by atoms with Gasteiger partial charge in [0.25, 0.3) is 0 Å². The summed E-state index contributed by atoms with van der Waals surface area (Å²) < 4.78 is 2.33. The molecule has 0 bridgehead atoms. The monoisotopic (exact) mass is 285 g/mol. The highest BCUT2D eigenvalue weighted by atomic mass is 15.1. The molecule has 1 aromatic carbocycles. The number of nitrogens with zero attached hydrogens (tertiary/aromatic N) is 2. The summed E-state index contributed by atoms with van der Waals surface area (Å²) in [5, 5.41) is 3.59. The minimum Gasteiger partial charge on any atom is -0.326 e. The quantitative estimate of drug-likeness (QED) is 0.802. The Bertz CT molecular complexity index is 516. The van der Waals surface area contributed by atoms with Crippen LogP contribution in [0.1, 0.15) is 44.6 Å². The first-order valence-corrected chi connectivity index (χ1v) is 7.99. The summed E-state index contributed by atoms with van der Waals surface area (Å²) in [5.41, 5.74) is 1.34. The molecule has 0 aliphatic rings. The number of nitrogens with one attached hydrogen (secondary N) is 1. The lowest BCUT2D eigenvalue weighted by Crippen LogP contribution is -2.29. The van der Waals surface area contributed by atoms with Gasteiger partial charge in [-0.2, -0.15) is 0 Å². The molecule has 1 aromatic heterocycles. The highest BCUT2D eigenvalue weighted by Gasteiger charge is 2.16. The van der Waals surface area contributed by atoms with Gasteiger partial charge in [-0.15, -0.1) is 0 Å². The fraction of sp³-hybridized carbons (Fsp3) is 0.500. The fourth-order valence-electron chi connectivity index (χ4n) is 2.61. The fourth-order valence-corrected chi connectivity index (χ4v) is 2.61. The van der Waals surface area contributed by atoms with E-state index in [1.165, 1.54) is 11.4 Å². The molecule has 1 N–H and O–H groups in total. The predicted octanol–water partition coefficient (Wildman–Crippen LogP) is 3.67. The number of benzene rings is 1. The van der Waals surface area contributed by atoms with Crippen LogP contribution in [0.3, 0.4) is 0 Å². The van der Waals surface area contributed by atoms with Crippen molar-refractivity contribution in [3.05, 3.63) is 54.1 Å². The van der Waals surface area contributed by atoms with Crippen molar-refractivity contribution in [2.24, 2.45) is 5.92 Å². The third kappa shape index (κ3) is 4.43. The second-order valence-electron chi connectivity index (χ2n) is 5.98. The van der Waals surface area contributed by atoms with Gasteiger partial charge < -0.3 is 9.88 Å². The summed E-state index contributed by atoms with van der Waals surface area (Å²) in [6.07, 6.45) is 6.18. The van der Waals surface area contributed by atoms with Gasteiger partial charge in [-0.05, 0) is 24.4 Å². The minimum atomic E-state index is 0.314.